The van der Waals surface area contributed by atoms with Crippen LogP contribution in [-0.2, 0) is 11.3 Å². The fourth-order valence-corrected chi connectivity index (χ4v) is 1.85. The van der Waals surface area contributed by atoms with Gasteiger partial charge in [-0.2, -0.15) is 0 Å². The number of hydrogen-bond donors (Lipinski definition) is 3. The third kappa shape index (κ3) is 6.41. The number of carbonyl (C=O) groups is 1. The topological polar surface area (TPSA) is 67.2 Å². The summed E-state index contributed by atoms with van der Waals surface area (Å²) in [5.74, 6) is -0.344. The molecule has 0 saturated carbocycles. The first-order valence-corrected chi connectivity index (χ1v) is 7.36. The van der Waals surface area contributed by atoms with Crippen LogP contribution in [-0.4, -0.2) is 18.5 Å². The number of amides is 1. The van der Waals surface area contributed by atoms with Gasteiger partial charge in [0.25, 0.3) is 0 Å². The number of nitrogens with one attached hydrogen (secondary N) is 2. The maximum absolute atomic E-state index is 11.0. The Morgan fingerprint density at radius 2 is 2.05 bits per heavy atom. The number of allylic oxidation sites excluding steroid dienone is 3. The molecule has 1 amide bonds. The van der Waals surface area contributed by atoms with Gasteiger partial charge in [0.05, 0.1) is 6.04 Å². The summed E-state index contributed by atoms with van der Waals surface area (Å²) in [6, 6.07) is 7.76. The lowest BCUT2D eigenvalue weighted by Gasteiger charge is -2.11. The quantitative estimate of drug-likeness (QED) is 0.614. The molecular formula is C18H25N3O. The van der Waals surface area contributed by atoms with Crippen molar-refractivity contribution in [2.75, 3.05) is 11.9 Å². The molecule has 118 valence electrons. The van der Waals surface area contributed by atoms with E-state index in [1.165, 1.54) is 5.57 Å². The lowest BCUT2D eigenvalue weighted by atomic mass is 10.1. The smallest absolute Gasteiger partial charge is 0.234 e. The molecule has 4 N–H and O–H groups in total. The van der Waals surface area contributed by atoms with Gasteiger partial charge in [-0.1, -0.05) is 43.0 Å². The maximum Gasteiger partial charge on any atom is 0.234 e. The zero-order valence-electron chi connectivity index (χ0n) is 13.3. The van der Waals surface area contributed by atoms with Crippen molar-refractivity contribution in [3.8, 4) is 0 Å². The molecule has 4 heteroatoms. The molecule has 0 bridgehead atoms. The molecule has 1 unspecified atom stereocenters. The van der Waals surface area contributed by atoms with E-state index in [1.807, 2.05) is 43.3 Å². The highest BCUT2D eigenvalue weighted by Gasteiger charge is 2.06. The van der Waals surface area contributed by atoms with Gasteiger partial charge in [-0.05, 0) is 37.1 Å². The third-order valence-electron chi connectivity index (χ3n) is 3.20. The van der Waals surface area contributed by atoms with Gasteiger partial charge in [0.1, 0.15) is 0 Å². The van der Waals surface area contributed by atoms with E-state index in [1.54, 1.807) is 13.0 Å². The van der Waals surface area contributed by atoms with E-state index in [0.717, 1.165) is 17.8 Å². The molecular weight excluding hydrogens is 274 g/mol. The van der Waals surface area contributed by atoms with Crippen molar-refractivity contribution >= 4 is 11.6 Å². The molecule has 0 aliphatic carbocycles. The monoisotopic (exact) mass is 299 g/mol. The van der Waals surface area contributed by atoms with E-state index in [0.29, 0.717) is 6.54 Å². The number of hydrogen-bond acceptors (Lipinski definition) is 3. The molecule has 22 heavy (non-hydrogen) atoms. The van der Waals surface area contributed by atoms with Crippen molar-refractivity contribution in [1.29, 1.82) is 0 Å². The molecule has 1 rings (SSSR count). The SMILES string of the molecule is C=C/C=C(\C=C/C)CNc1ccc(CNC(C)C(N)=O)cc1. The number of primary amides is 1. The summed E-state index contributed by atoms with van der Waals surface area (Å²) in [5.41, 5.74) is 8.53. The Hall–Kier alpha value is -2.33. The van der Waals surface area contributed by atoms with Crippen LogP contribution in [0.15, 0.2) is 60.7 Å². The number of rotatable bonds is 9. The van der Waals surface area contributed by atoms with Crippen molar-refractivity contribution in [1.82, 2.24) is 5.32 Å². The summed E-state index contributed by atoms with van der Waals surface area (Å²) in [4.78, 5) is 11.0. The third-order valence-corrected chi connectivity index (χ3v) is 3.20. The summed E-state index contributed by atoms with van der Waals surface area (Å²) in [6.07, 6.45) is 7.83. The second-order valence-corrected chi connectivity index (χ2v) is 5.03. The molecule has 4 nitrogen and oxygen atoms in total. The first kappa shape index (κ1) is 17.7. The largest absolute Gasteiger partial charge is 0.381 e. The van der Waals surface area contributed by atoms with Crippen LogP contribution in [0.2, 0.25) is 0 Å². The minimum absolute atomic E-state index is 0.328. The van der Waals surface area contributed by atoms with Crippen LogP contribution in [0.5, 0.6) is 0 Å². The van der Waals surface area contributed by atoms with Gasteiger partial charge in [0.2, 0.25) is 5.91 Å². The van der Waals surface area contributed by atoms with Crippen molar-refractivity contribution < 1.29 is 4.79 Å². The fourth-order valence-electron chi connectivity index (χ4n) is 1.85. The molecule has 1 atom stereocenters. The lowest BCUT2D eigenvalue weighted by molar-refractivity contribution is -0.119. The molecule has 0 fully saturated rings. The zero-order valence-corrected chi connectivity index (χ0v) is 13.3. The fraction of sp³-hybridized carbons (Fsp3) is 0.278. The van der Waals surface area contributed by atoms with E-state index in [9.17, 15) is 4.79 Å². The first-order chi connectivity index (χ1) is 10.6. The molecule has 0 heterocycles. The number of nitrogens with two attached hydrogens (primary N) is 1. The highest BCUT2D eigenvalue weighted by molar-refractivity contribution is 5.79. The lowest BCUT2D eigenvalue weighted by Crippen LogP contribution is -2.38. The van der Waals surface area contributed by atoms with Gasteiger partial charge in [-0.25, -0.2) is 0 Å². The Balaban J connectivity index is 2.52. The van der Waals surface area contributed by atoms with Crippen molar-refractivity contribution in [2.24, 2.45) is 5.73 Å². The zero-order chi connectivity index (χ0) is 16.4. The highest BCUT2D eigenvalue weighted by atomic mass is 16.1. The second kappa shape index (κ2) is 9.58. The van der Waals surface area contributed by atoms with Crippen LogP contribution in [0.25, 0.3) is 0 Å². The summed E-state index contributed by atoms with van der Waals surface area (Å²) in [5, 5.41) is 6.44. The van der Waals surface area contributed by atoms with E-state index < -0.39 is 0 Å². The van der Waals surface area contributed by atoms with Gasteiger partial charge in [0, 0.05) is 18.8 Å². The molecule has 0 aliphatic heterocycles. The van der Waals surface area contributed by atoms with Crippen LogP contribution in [0.1, 0.15) is 19.4 Å². The number of carbonyl (C=O) groups excluding carboxylic acids is 1. The summed E-state index contributed by atoms with van der Waals surface area (Å²) in [7, 11) is 0. The Morgan fingerprint density at radius 1 is 1.36 bits per heavy atom. The summed E-state index contributed by atoms with van der Waals surface area (Å²) < 4.78 is 0. The highest BCUT2D eigenvalue weighted by Crippen LogP contribution is 2.11. The average molecular weight is 299 g/mol. The second-order valence-electron chi connectivity index (χ2n) is 5.03. The Kier molecular flexibility index (Phi) is 7.72. The summed E-state index contributed by atoms with van der Waals surface area (Å²) >= 11 is 0. The van der Waals surface area contributed by atoms with E-state index >= 15 is 0 Å². The van der Waals surface area contributed by atoms with E-state index in [2.05, 4.69) is 23.3 Å². The molecule has 0 aliphatic rings. The van der Waals surface area contributed by atoms with Gasteiger partial charge in [-0.3, -0.25) is 4.79 Å². The first-order valence-electron chi connectivity index (χ1n) is 7.36. The van der Waals surface area contributed by atoms with Crippen LogP contribution in [0.3, 0.4) is 0 Å². The van der Waals surface area contributed by atoms with Crippen molar-refractivity contribution in [3.05, 3.63) is 66.3 Å². The molecule has 1 aromatic rings. The standard InChI is InChI=1S/C18H25N3O/c1-4-6-15(7-5-2)13-21-17-10-8-16(9-11-17)12-20-14(3)18(19)22/h4-11,14,20-21H,1,12-13H2,2-3H3,(H2,19,22)/b7-5-,15-6+. The molecule has 0 saturated heterocycles. The normalized spacial score (nSPS) is 13.1. The van der Waals surface area contributed by atoms with Crippen LogP contribution >= 0.6 is 0 Å². The number of anilines is 1. The van der Waals surface area contributed by atoms with E-state index in [4.69, 9.17) is 5.73 Å². The van der Waals surface area contributed by atoms with Crippen molar-refractivity contribution in [2.45, 2.75) is 26.4 Å². The van der Waals surface area contributed by atoms with E-state index in [-0.39, 0.29) is 11.9 Å². The van der Waals surface area contributed by atoms with Gasteiger partial charge in [-0.15, -0.1) is 0 Å². The molecule has 1 aromatic carbocycles. The predicted molar refractivity (Wildman–Crippen MR) is 93.5 cm³/mol. The Morgan fingerprint density at radius 3 is 2.59 bits per heavy atom. The summed E-state index contributed by atoms with van der Waals surface area (Å²) in [6.45, 7) is 8.83. The Labute approximate surface area is 132 Å². The molecule has 0 spiro atoms. The average Bonchev–Trinajstić information content (AvgIpc) is 2.51. The van der Waals surface area contributed by atoms with Gasteiger partial charge in [0.15, 0.2) is 0 Å². The minimum Gasteiger partial charge on any atom is -0.381 e. The van der Waals surface area contributed by atoms with Crippen molar-refractivity contribution in [3.63, 3.8) is 0 Å². The minimum atomic E-state index is -0.344. The van der Waals surface area contributed by atoms with Gasteiger partial charge < -0.3 is 16.4 Å². The molecule has 0 radical (unpaired) electrons. The van der Waals surface area contributed by atoms with Crippen LogP contribution in [0.4, 0.5) is 5.69 Å². The van der Waals surface area contributed by atoms with Crippen LogP contribution < -0.4 is 16.4 Å². The molecule has 0 aromatic heterocycles. The van der Waals surface area contributed by atoms with Crippen LogP contribution in [0, 0.1) is 0 Å². The Bertz CT molecular complexity index is 544. The maximum atomic E-state index is 11.0. The van der Waals surface area contributed by atoms with Gasteiger partial charge >= 0.3 is 0 Å². The number of benzene rings is 1. The predicted octanol–water partition coefficient (Wildman–Crippen LogP) is 2.75.